The monoisotopic (exact) mass is 344 g/mol. The van der Waals surface area contributed by atoms with Crippen LogP contribution in [0.25, 0.3) is 0 Å². The fourth-order valence-electron chi connectivity index (χ4n) is 3.50. The van der Waals surface area contributed by atoms with Crippen LogP contribution in [0.4, 0.5) is 5.69 Å². The van der Waals surface area contributed by atoms with Crippen molar-refractivity contribution in [2.24, 2.45) is 17.6 Å². The lowest BCUT2D eigenvalue weighted by molar-refractivity contribution is -0.120. The highest BCUT2D eigenvalue weighted by atomic mass is 35.5. The molecule has 2 aromatic rings. The van der Waals surface area contributed by atoms with Crippen LogP contribution in [0.5, 0.6) is 0 Å². The number of hydrogen-bond acceptors (Lipinski definition) is 2. The molecule has 1 aliphatic carbocycles. The molecule has 1 fully saturated rings. The van der Waals surface area contributed by atoms with E-state index in [0.29, 0.717) is 12.5 Å². The summed E-state index contributed by atoms with van der Waals surface area (Å²) in [7, 11) is 0. The summed E-state index contributed by atoms with van der Waals surface area (Å²) in [5.41, 5.74) is 9.12. The molecule has 128 valence electrons. The summed E-state index contributed by atoms with van der Waals surface area (Å²) < 4.78 is 0. The molecule has 1 amide bonds. The van der Waals surface area contributed by atoms with E-state index in [-0.39, 0.29) is 24.2 Å². The van der Waals surface area contributed by atoms with Crippen LogP contribution in [-0.4, -0.2) is 12.5 Å². The summed E-state index contributed by atoms with van der Waals surface area (Å²) >= 11 is 0. The Morgan fingerprint density at radius 2 is 1.75 bits per heavy atom. The van der Waals surface area contributed by atoms with E-state index < -0.39 is 0 Å². The number of amides is 1. The molecular weight excluding hydrogens is 320 g/mol. The molecule has 3 nitrogen and oxygen atoms in total. The van der Waals surface area contributed by atoms with Crippen molar-refractivity contribution in [2.45, 2.75) is 25.7 Å². The minimum Gasteiger partial charge on any atom is -0.330 e. The number of carbonyl (C=O) groups is 1. The zero-order valence-corrected chi connectivity index (χ0v) is 14.6. The predicted octanol–water partition coefficient (Wildman–Crippen LogP) is 4.01. The molecule has 0 saturated heterocycles. The largest absolute Gasteiger partial charge is 0.330 e. The van der Waals surface area contributed by atoms with Crippen LogP contribution < -0.4 is 11.1 Å². The van der Waals surface area contributed by atoms with E-state index in [1.54, 1.807) is 0 Å². The topological polar surface area (TPSA) is 55.1 Å². The molecule has 4 heteroatoms. The van der Waals surface area contributed by atoms with Gasteiger partial charge in [0.2, 0.25) is 5.91 Å². The van der Waals surface area contributed by atoms with Gasteiger partial charge in [-0.15, -0.1) is 12.4 Å². The van der Waals surface area contributed by atoms with Gasteiger partial charge in [0.25, 0.3) is 0 Å². The Bertz CT molecular complexity index is 660. The third kappa shape index (κ3) is 4.37. The maximum absolute atomic E-state index is 12.6. The Morgan fingerprint density at radius 3 is 2.50 bits per heavy atom. The van der Waals surface area contributed by atoms with Gasteiger partial charge in [0.15, 0.2) is 0 Å². The molecule has 0 radical (unpaired) electrons. The Hall–Kier alpha value is -1.84. The van der Waals surface area contributed by atoms with Gasteiger partial charge in [-0.1, -0.05) is 55.0 Å². The molecular formula is C20H25ClN2O. The van der Waals surface area contributed by atoms with Crippen molar-refractivity contribution in [3.8, 4) is 0 Å². The molecule has 0 aromatic heterocycles. The summed E-state index contributed by atoms with van der Waals surface area (Å²) in [4.78, 5) is 12.6. The van der Waals surface area contributed by atoms with E-state index in [4.69, 9.17) is 5.73 Å². The Balaban J connectivity index is 0.00000208. The second-order valence-corrected chi connectivity index (χ2v) is 6.34. The van der Waals surface area contributed by atoms with Gasteiger partial charge in [0.05, 0.1) is 0 Å². The van der Waals surface area contributed by atoms with E-state index in [0.717, 1.165) is 36.9 Å². The molecule has 3 rings (SSSR count). The van der Waals surface area contributed by atoms with Crippen molar-refractivity contribution in [1.29, 1.82) is 0 Å². The number of nitrogens with one attached hydrogen (secondary N) is 1. The Labute approximate surface area is 150 Å². The highest BCUT2D eigenvalue weighted by Gasteiger charge is 2.32. The van der Waals surface area contributed by atoms with Gasteiger partial charge in [-0.25, -0.2) is 0 Å². The summed E-state index contributed by atoms with van der Waals surface area (Å²) in [6, 6.07) is 18.4. The first-order valence-corrected chi connectivity index (χ1v) is 8.40. The van der Waals surface area contributed by atoms with E-state index in [1.807, 2.05) is 36.4 Å². The van der Waals surface area contributed by atoms with E-state index in [9.17, 15) is 4.79 Å². The third-order valence-electron chi connectivity index (χ3n) is 4.81. The highest BCUT2D eigenvalue weighted by Crippen LogP contribution is 2.32. The number of carbonyl (C=O) groups excluding carboxylic acids is 1. The lowest BCUT2D eigenvalue weighted by atomic mass is 9.95. The number of rotatable bonds is 5. The molecule has 0 spiro atoms. The smallest absolute Gasteiger partial charge is 0.227 e. The minimum absolute atomic E-state index is 0. The molecule has 2 atom stereocenters. The van der Waals surface area contributed by atoms with Crippen LogP contribution in [0, 0.1) is 11.8 Å². The standard InChI is InChI=1S/C20H24N2O.ClH/c21-14-17-10-6-11-18(17)20(23)22-19-12-5-4-9-16(19)13-15-7-2-1-3-8-15;/h1-5,7-9,12,17-18H,6,10-11,13-14,21H2,(H,22,23);1H/t17-,18-;/m1./s1. The molecule has 0 unspecified atom stereocenters. The van der Waals surface area contributed by atoms with Crippen molar-refractivity contribution in [3.63, 3.8) is 0 Å². The fraction of sp³-hybridized carbons (Fsp3) is 0.350. The predicted molar refractivity (Wildman–Crippen MR) is 101 cm³/mol. The first-order valence-electron chi connectivity index (χ1n) is 8.40. The van der Waals surface area contributed by atoms with Crippen LogP contribution in [0.3, 0.4) is 0 Å². The molecule has 1 aliphatic rings. The number of halogens is 1. The number of hydrogen-bond donors (Lipinski definition) is 2. The van der Waals surface area contributed by atoms with E-state index in [2.05, 4.69) is 23.5 Å². The molecule has 0 bridgehead atoms. The van der Waals surface area contributed by atoms with E-state index >= 15 is 0 Å². The molecule has 0 aliphatic heterocycles. The normalized spacial score (nSPS) is 19.5. The number of para-hydroxylation sites is 1. The second-order valence-electron chi connectivity index (χ2n) is 6.34. The molecule has 0 heterocycles. The molecule has 2 aromatic carbocycles. The van der Waals surface area contributed by atoms with Crippen LogP contribution in [0.15, 0.2) is 54.6 Å². The van der Waals surface area contributed by atoms with Crippen LogP contribution >= 0.6 is 12.4 Å². The lowest BCUT2D eigenvalue weighted by Gasteiger charge is -2.19. The SMILES string of the molecule is Cl.NC[C@H]1CCC[C@H]1C(=O)Nc1ccccc1Cc1ccccc1. The lowest BCUT2D eigenvalue weighted by Crippen LogP contribution is -2.30. The van der Waals surface area contributed by atoms with Gasteiger partial charge in [0, 0.05) is 11.6 Å². The van der Waals surface area contributed by atoms with Gasteiger partial charge in [0.1, 0.15) is 0 Å². The molecule has 3 N–H and O–H groups in total. The van der Waals surface area contributed by atoms with Crippen molar-refractivity contribution in [2.75, 3.05) is 11.9 Å². The van der Waals surface area contributed by atoms with Gasteiger partial charge < -0.3 is 11.1 Å². The number of nitrogens with two attached hydrogens (primary N) is 1. The van der Waals surface area contributed by atoms with Gasteiger partial charge >= 0.3 is 0 Å². The van der Waals surface area contributed by atoms with Crippen LogP contribution in [0.2, 0.25) is 0 Å². The first kappa shape index (κ1) is 18.5. The first-order chi connectivity index (χ1) is 11.3. The average molecular weight is 345 g/mol. The zero-order chi connectivity index (χ0) is 16.1. The summed E-state index contributed by atoms with van der Waals surface area (Å²) in [6.07, 6.45) is 3.95. The summed E-state index contributed by atoms with van der Waals surface area (Å²) in [6.45, 7) is 0.601. The fourth-order valence-corrected chi connectivity index (χ4v) is 3.50. The van der Waals surface area contributed by atoms with Crippen molar-refractivity contribution in [3.05, 3.63) is 65.7 Å². The van der Waals surface area contributed by atoms with Gasteiger partial charge in [-0.3, -0.25) is 4.79 Å². The van der Waals surface area contributed by atoms with Crippen molar-refractivity contribution >= 4 is 24.0 Å². The maximum Gasteiger partial charge on any atom is 0.227 e. The number of benzene rings is 2. The average Bonchev–Trinajstić information content (AvgIpc) is 3.06. The quantitative estimate of drug-likeness (QED) is 0.860. The Morgan fingerprint density at radius 1 is 1.04 bits per heavy atom. The van der Waals surface area contributed by atoms with Crippen LogP contribution in [0.1, 0.15) is 30.4 Å². The van der Waals surface area contributed by atoms with Crippen molar-refractivity contribution in [1.82, 2.24) is 0 Å². The van der Waals surface area contributed by atoms with E-state index in [1.165, 1.54) is 5.56 Å². The zero-order valence-electron chi connectivity index (χ0n) is 13.8. The highest BCUT2D eigenvalue weighted by molar-refractivity contribution is 5.93. The second kappa shape index (κ2) is 8.86. The summed E-state index contributed by atoms with van der Waals surface area (Å²) in [5.74, 6) is 0.513. The Kier molecular flexibility index (Phi) is 6.83. The van der Waals surface area contributed by atoms with Gasteiger partial charge in [-0.2, -0.15) is 0 Å². The molecule has 1 saturated carbocycles. The van der Waals surface area contributed by atoms with Crippen LogP contribution in [-0.2, 0) is 11.2 Å². The van der Waals surface area contributed by atoms with Gasteiger partial charge in [-0.05, 0) is 48.9 Å². The third-order valence-corrected chi connectivity index (χ3v) is 4.81. The molecule has 24 heavy (non-hydrogen) atoms. The minimum atomic E-state index is 0. The van der Waals surface area contributed by atoms with Crippen molar-refractivity contribution < 1.29 is 4.79 Å². The maximum atomic E-state index is 12.6. The summed E-state index contributed by atoms with van der Waals surface area (Å²) in [5, 5.41) is 3.14. The number of anilines is 1.